The summed E-state index contributed by atoms with van der Waals surface area (Å²) in [6.45, 7) is 4.92. The van der Waals surface area contributed by atoms with E-state index < -0.39 is 0 Å². The van der Waals surface area contributed by atoms with Crippen LogP contribution in [0, 0.1) is 17.8 Å². The van der Waals surface area contributed by atoms with E-state index in [1.165, 1.54) is 45.2 Å². The Morgan fingerprint density at radius 2 is 2.00 bits per heavy atom. The van der Waals surface area contributed by atoms with Gasteiger partial charge in [0, 0.05) is 18.6 Å². The first kappa shape index (κ1) is 12.0. The molecule has 1 N–H and O–H groups in total. The van der Waals surface area contributed by atoms with Gasteiger partial charge in [-0.15, -0.1) is 0 Å². The summed E-state index contributed by atoms with van der Waals surface area (Å²) < 4.78 is 0. The molecule has 1 saturated heterocycles. The summed E-state index contributed by atoms with van der Waals surface area (Å²) in [5, 5.41) is 3.56. The van der Waals surface area contributed by atoms with Crippen LogP contribution in [0.15, 0.2) is 0 Å². The average Bonchev–Trinajstić information content (AvgIpc) is 2.91. The molecule has 3 fully saturated rings. The zero-order valence-electron chi connectivity index (χ0n) is 11.5. The quantitative estimate of drug-likeness (QED) is 0.810. The number of fused-ring (bicyclic) bond motifs is 2. The highest BCUT2D eigenvalue weighted by Crippen LogP contribution is 2.48. The highest BCUT2D eigenvalue weighted by molar-refractivity contribution is 4.92. The van der Waals surface area contributed by atoms with Gasteiger partial charge in [-0.25, -0.2) is 0 Å². The van der Waals surface area contributed by atoms with Gasteiger partial charge in [0.25, 0.3) is 0 Å². The number of nitrogens with one attached hydrogen (secondary N) is 1. The second-order valence-corrected chi connectivity index (χ2v) is 6.91. The molecule has 2 heteroatoms. The molecular weight excluding hydrogens is 208 g/mol. The summed E-state index contributed by atoms with van der Waals surface area (Å²) in [5.74, 6) is 3.22. The number of piperidine rings is 1. The maximum absolute atomic E-state index is 3.56. The van der Waals surface area contributed by atoms with Gasteiger partial charge in [-0.3, -0.25) is 0 Å². The predicted octanol–water partition coefficient (Wildman–Crippen LogP) is 2.49. The lowest BCUT2D eigenvalue weighted by Gasteiger charge is -2.37. The van der Waals surface area contributed by atoms with E-state index >= 15 is 0 Å². The van der Waals surface area contributed by atoms with Gasteiger partial charge >= 0.3 is 0 Å². The highest BCUT2D eigenvalue weighted by atomic mass is 15.1. The summed E-state index contributed by atoms with van der Waals surface area (Å²) in [7, 11) is 2.37. The molecule has 0 amide bonds. The molecule has 0 radical (unpaired) electrons. The van der Waals surface area contributed by atoms with Crippen LogP contribution in [0.4, 0.5) is 0 Å². The van der Waals surface area contributed by atoms with Crippen LogP contribution >= 0.6 is 0 Å². The lowest BCUT2D eigenvalue weighted by molar-refractivity contribution is 0.137. The van der Waals surface area contributed by atoms with Gasteiger partial charge in [0.15, 0.2) is 0 Å². The van der Waals surface area contributed by atoms with Gasteiger partial charge in [0.1, 0.15) is 0 Å². The lowest BCUT2D eigenvalue weighted by Crippen LogP contribution is -2.47. The topological polar surface area (TPSA) is 15.3 Å². The molecule has 5 unspecified atom stereocenters. The van der Waals surface area contributed by atoms with E-state index in [2.05, 4.69) is 24.2 Å². The Bertz CT molecular complexity index is 266. The Morgan fingerprint density at radius 1 is 1.12 bits per heavy atom. The first-order valence-corrected chi connectivity index (χ1v) is 7.66. The minimum Gasteiger partial charge on any atom is -0.314 e. The molecule has 5 atom stereocenters. The summed E-state index contributed by atoms with van der Waals surface area (Å²) in [6.07, 6.45) is 8.86. The standard InChI is InChI=1S/C15H28N2/c1-11-7-15(5-6-16-11)17(2)10-14-9-12-3-4-13(14)8-12/h11-16H,3-10H2,1-2H3. The first-order valence-electron chi connectivity index (χ1n) is 7.66. The molecule has 2 nitrogen and oxygen atoms in total. The van der Waals surface area contributed by atoms with Gasteiger partial charge < -0.3 is 10.2 Å². The Hall–Kier alpha value is -0.0800. The SMILES string of the molecule is CC1CC(N(C)CC2CC3CCC2C3)CCN1. The fourth-order valence-electron chi connectivity index (χ4n) is 4.63. The van der Waals surface area contributed by atoms with Crippen molar-refractivity contribution in [3.63, 3.8) is 0 Å². The smallest absolute Gasteiger partial charge is 0.0119 e. The van der Waals surface area contributed by atoms with E-state index in [0.717, 1.165) is 29.8 Å². The number of nitrogens with zero attached hydrogens (tertiary/aromatic N) is 1. The van der Waals surface area contributed by atoms with E-state index in [4.69, 9.17) is 0 Å². The molecule has 2 bridgehead atoms. The number of hydrogen-bond acceptors (Lipinski definition) is 2. The Kier molecular flexibility index (Phi) is 3.45. The average molecular weight is 236 g/mol. The highest BCUT2D eigenvalue weighted by Gasteiger charge is 2.40. The van der Waals surface area contributed by atoms with E-state index in [1.807, 2.05) is 0 Å². The molecule has 2 saturated carbocycles. The normalized spacial score (nSPS) is 45.7. The maximum atomic E-state index is 3.56. The molecule has 0 aromatic rings. The first-order chi connectivity index (χ1) is 8.22. The lowest BCUT2D eigenvalue weighted by atomic mass is 9.87. The molecule has 3 rings (SSSR count). The number of hydrogen-bond donors (Lipinski definition) is 1. The Morgan fingerprint density at radius 3 is 2.65 bits per heavy atom. The van der Waals surface area contributed by atoms with Crippen LogP contribution < -0.4 is 5.32 Å². The van der Waals surface area contributed by atoms with Gasteiger partial charge in [-0.05, 0) is 70.4 Å². The molecule has 1 aliphatic heterocycles. The fourth-order valence-corrected chi connectivity index (χ4v) is 4.63. The molecule has 1 heterocycles. The van der Waals surface area contributed by atoms with Crippen molar-refractivity contribution in [3.8, 4) is 0 Å². The van der Waals surface area contributed by atoms with E-state index in [-0.39, 0.29) is 0 Å². The molecule has 3 aliphatic rings. The van der Waals surface area contributed by atoms with Crippen molar-refractivity contribution in [2.24, 2.45) is 17.8 Å². The third-order valence-corrected chi connectivity index (χ3v) is 5.63. The largest absolute Gasteiger partial charge is 0.314 e. The monoisotopic (exact) mass is 236 g/mol. The van der Waals surface area contributed by atoms with Crippen molar-refractivity contribution in [3.05, 3.63) is 0 Å². The second-order valence-electron chi connectivity index (χ2n) is 6.91. The third kappa shape index (κ3) is 2.53. The summed E-state index contributed by atoms with van der Waals surface area (Å²) >= 11 is 0. The van der Waals surface area contributed by atoms with Crippen molar-refractivity contribution >= 4 is 0 Å². The van der Waals surface area contributed by atoms with Crippen molar-refractivity contribution in [1.82, 2.24) is 10.2 Å². The summed E-state index contributed by atoms with van der Waals surface area (Å²) in [6, 6.07) is 1.56. The minimum atomic E-state index is 0.719. The Balaban J connectivity index is 1.51. The molecule has 98 valence electrons. The zero-order valence-corrected chi connectivity index (χ0v) is 11.5. The van der Waals surface area contributed by atoms with E-state index in [0.29, 0.717) is 0 Å². The van der Waals surface area contributed by atoms with Crippen molar-refractivity contribution in [1.29, 1.82) is 0 Å². The molecule has 0 spiro atoms. The molecule has 0 aromatic carbocycles. The summed E-state index contributed by atoms with van der Waals surface area (Å²) in [5.41, 5.74) is 0. The van der Waals surface area contributed by atoms with Gasteiger partial charge in [-0.1, -0.05) is 6.42 Å². The molecular formula is C15H28N2. The second kappa shape index (κ2) is 4.89. The van der Waals surface area contributed by atoms with Gasteiger partial charge in [0.05, 0.1) is 0 Å². The Labute approximate surface area is 106 Å². The van der Waals surface area contributed by atoms with Crippen LogP contribution in [0.3, 0.4) is 0 Å². The van der Waals surface area contributed by atoms with Crippen LogP contribution in [0.25, 0.3) is 0 Å². The fraction of sp³-hybridized carbons (Fsp3) is 1.00. The summed E-state index contributed by atoms with van der Waals surface area (Å²) in [4.78, 5) is 2.68. The minimum absolute atomic E-state index is 0.719. The van der Waals surface area contributed by atoms with Crippen LogP contribution in [-0.4, -0.2) is 37.1 Å². The van der Waals surface area contributed by atoms with Crippen LogP contribution in [0.5, 0.6) is 0 Å². The van der Waals surface area contributed by atoms with E-state index in [1.54, 1.807) is 6.42 Å². The van der Waals surface area contributed by atoms with Gasteiger partial charge in [0.2, 0.25) is 0 Å². The molecule has 0 aromatic heterocycles. The van der Waals surface area contributed by atoms with Crippen molar-refractivity contribution < 1.29 is 0 Å². The molecule has 17 heavy (non-hydrogen) atoms. The van der Waals surface area contributed by atoms with Crippen molar-refractivity contribution in [2.75, 3.05) is 20.1 Å². The molecule has 2 aliphatic carbocycles. The number of rotatable bonds is 3. The van der Waals surface area contributed by atoms with Gasteiger partial charge in [-0.2, -0.15) is 0 Å². The van der Waals surface area contributed by atoms with Crippen molar-refractivity contribution in [2.45, 2.75) is 57.5 Å². The van der Waals surface area contributed by atoms with Crippen LogP contribution in [0.2, 0.25) is 0 Å². The zero-order chi connectivity index (χ0) is 11.8. The predicted molar refractivity (Wildman–Crippen MR) is 72.1 cm³/mol. The van der Waals surface area contributed by atoms with Crippen LogP contribution in [0.1, 0.15) is 45.4 Å². The maximum Gasteiger partial charge on any atom is 0.0119 e. The third-order valence-electron chi connectivity index (χ3n) is 5.63. The van der Waals surface area contributed by atoms with E-state index in [9.17, 15) is 0 Å². The van der Waals surface area contributed by atoms with Crippen LogP contribution in [-0.2, 0) is 0 Å².